The van der Waals surface area contributed by atoms with Crippen LogP contribution in [-0.2, 0) is 0 Å². The predicted octanol–water partition coefficient (Wildman–Crippen LogP) is 4.09. The van der Waals surface area contributed by atoms with E-state index < -0.39 is 0 Å². The lowest BCUT2D eigenvalue weighted by Gasteiger charge is -2.05. The summed E-state index contributed by atoms with van der Waals surface area (Å²) in [6, 6.07) is 12.8. The van der Waals surface area contributed by atoms with Crippen LogP contribution in [0.4, 0.5) is 5.69 Å². The monoisotopic (exact) mass is 363 g/mol. The van der Waals surface area contributed by atoms with Gasteiger partial charge in [0.25, 0.3) is 11.5 Å². The van der Waals surface area contributed by atoms with Crippen LogP contribution in [0.25, 0.3) is 16.0 Å². The number of nitrogens with one attached hydrogen (secondary N) is 1. The Hall–Kier alpha value is -2.99. The Bertz CT molecular complexity index is 1240. The molecule has 0 unspecified atom stereocenters. The van der Waals surface area contributed by atoms with Gasteiger partial charge in [-0.3, -0.25) is 14.0 Å². The van der Waals surface area contributed by atoms with Gasteiger partial charge in [0, 0.05) is 11.8 Å². The largest absolute Gasteiger partial charge is 0.321 e. The van der Waals surface area contributed by atoms with Crippen molar-refractivity contribution in [1.82, 2.24) is 9.38 Å². The van der Waals surface area contributed by atoms with Crippen molar-refractivity contribution in [2.75, 3.05) is 5.32 Å². The van der Waals surface area contributed by atoms with Crippen molar-refractivity contribution in [3.8, 4) is 0 Å². The molecule has 0 aliphatic rings. The van der Waals surface area contributed by atoms with Crippen LogP contribution in [0.5, 0.6) is 0 Å². The third-order valence-electron chi connectivity index (χ3n) is 4.42. The molecule has 0 saturated heterocycles. The molecule has 0 atom stereocenters. The van der Waals surface area contributed by atoms with E-state index in [4.69, 9.17) is 0 Å². The molecule has 6 heteroatoms. The maximum Gasteiger partial charge on any atom is 0.266 e. The van der Waals surface area contributed by atoms with E-state index in [2.05, 4.69) is 10.3 Å². The number of hydrogen-bond donors (Lipinski definition) is 1. The van der Waals surface area contributed by atoms with Crippen molar-refractivity contribution in [2.24, 2.45) is 0 Å². The molecule has 0 radical (unpaired) electrons. The molecular weight excluding hydrogens is 346 g/mol. The molecule has 130 valence electrons. The molecule has 1 N–H and O–H groups in total. The van der Waals surface area contributed by atoms with E-state index in [0.717, 1.165) is 27.7 Å². The number of hydrogen-bond acceptors (Lipinski definition) is 4. The number of anilines is 1. The van der Waals surface area contributed by atoms with Crippen molar-refractivity contribution in [1.29, 1.82) is 0 Å². The fourth-order valence-corrected chi connectivity index (χ4v) is 3.85. The number of carbonyl (C=O) groups excluding carboxylic acids is 1. The molecule has 2 heterocycles. The van der Waals surface area contributed by atoms with E-state index in [1.54, 1.807) is 4.40 Å². The minimum absolute atomic E-state index is 0.251. The molecule has 2 aromatic carbocycles. The zero-order valence-electron chi connectivity index (χ0n) is 14.7. The number of rotatable bonds is 2. The number of aryl methyl sites for hydroxylation is 3. The second-order valence-electron chi connectivity index (χ2n) is 6.43. The van der Waals surface area contributed by atoms with Gasteiger partial charge in [-0.1, -0.05) is 23.5 Å². The van der Waals surface area contributed by atoms with Crippen LogP contribution in [0, 0.1) is 20.8 Å². The first kappa shape index (κ1) is 16.5. The second-order valence-corrected chi connectivity index (χ2v) is 7.44. The van der Waals surface area contributed by atoms with E-state index >= 15 is 0 Å². The van der Waals surface area contributed by atoms with E-state index in [9.17, 15) is 9.59 Å². The molecule has 1 amide bonds. The molecule has 0 bridgehead atoms. The van der Waals surface area contributed by atoms with Gasteiger partial charge >= 0.3 is 0 Å². The number of fused-ring (bicyclic) bond motifs is 3. The highest BCUT2D eigenvalue weighted by molar-refractivity contribution is 7.18. The second kappa shape index (κ2) is 6.07. The third-order valence-corrected chi connectivity index (χ3v) is 5.39. The van der Waals surface area contributed by atoms with Crippen LogP contribution in [0.15, 0.2) is 47.3 Å². The molecule has 0 aliphatic heterocycles. The number of nitrogens with zero attached hydrogens (tertiary/aromatic N) is 2. The number of imidazole rings is 1. The third kappa shape index (κ3) is 2.78. The Morgan fingerprint density at radius 2 is 1.85 bits per heavy atom. The smallest absolute Gasteiger partial charge is 0.266 e. The van der Waals surface area contributed by atoms with Gasteiger partial charge in [0.1, 0.15) is 4.88 Å². The van der Waals surface area contributed by atoms with Crippen molar-refractivity contribution in [3.05, 3.63) is 74.4 Å². The summed E-state index contributed by atoms with van der Waals surface area (Å²) in [6.07, 6.45) is 0. The van der Waals surface area contributed by atoms with Crippen molar-refractivity contribution in [2.45, 2.75) is 20.8 Å². The molecule has 0 saturated carbocycles. The van der Waals surface area contributed by atoms with Gasteiger partial charge in [0.15, 0.2) is 4.96 Å². The van der Waals surface area contributed by atoms with Crippen LogP contribution in [-0.4, -0.2) is 15.3 Å². The topological polar surface area (TPSA) is 63.5 Å². The molecule has 0 aliphatic carbocycles. The fourth-order valence-electron chi connectivity index (χ4n) is 2.92. The van der Waals surface area contributed by atoms with E-state index in [-0.39, 0.29) is 11.5 Å². The van der Waals surface area contributed by atoms with Gasteiger partial charge in [-0.15, -0.1) is 0 Å². The average molecular weight is 363 g/mol. The Labute approximate surface area is 153 Å². The van der Waals surface area contributed by atoms with Gasteiger partial charge in [-0.25, -0.2) is 4.98 Å². The van der Waals surface area contributed by atoms with Crippen LogP contribution in [0.3, 0.4) is 0 Å². The average Bonchev–Trinajstić information content (AvgIpc) is 2.93. The minimum atomic E-state index is -0.306. The number of carbonyl (C=O) groups is 1. The van der Waals surface area contributed by atoms with E-state index in [1.807, 2.05) is 57.2 Å². The summed E-state index contributed by atoms with van der Waals surface area (Å²) < 4.78 is 1.57. The maximum atomic E-state index is 12.6. The molecule has 0 fully saturated rings. The summed E-state index contributed by atoms with van der Waals surface area (Å²) in [5.41, 5.74) is 5.26. The molecule has 26 heavy (non-hydrogen) atoms. The SMILES string of the molecule is Cc1cccc(NC(=O)c2cc(=O)n3c(nc4cc(C)c(C)cc43)s2)c1. The lowest BCUT2D eigenvalue weighted by molar-refractivity contribution is 0.103. The molecule has 0 spiro atoms. The number of aromatic nitrogens is 2. The molecule has 5 nitrogen and oxygen atoms in total. The first-order valence-electron chi connectivity index (χ1n) is 8.24. The van der Waals surface area contributed by atoms with E-state index in [0.29, 0.717) is 15.5 Å². The van der Waals surface area contributed by atoms with Gasteiger partial charge in [-0.2, -0.15) is 0 Å². The lowest BCUT2D eigenvalue weighted by Crippen LogP contribution is -2.17. The van der Waals surface area contributed by atoms with Crippen molar-refractivity contribution < 1.29 is 4.79 Å². The summed E-state index contributed by atoms with van der Waals surface area (Å²) >= 11 is 1.21. The first-order valence-corrected chi connectivity index (χ1v) is 9.05. The molecule has 4 rings (SSSR count). The zero-order valence-corrected chi connectivity index (χ0v) is 15.5. The first-order chi connectivity index (χ1) is 12.4. The molecule has 2 aromatic heterocycles. The summed E-state index contributed by atoms with van der Waals surface area (Å²) in [7, 11) is 0. The number of benzene rings is 2. The standard InChI is InChI=1S/C20H17N3O2S/c1-11-5-4-6-14(7-11)21-19(25)17-10-18(24)23-16-9-13(3)12(2)8-15(16)22-20(23)26-17/h4-10H,1-3H3,(H,21,25). The molecule has 4 aromatic rings. The zero-order chi connectivity index (χ0) is 18.4. The Balaban J connectivity index is 1.81. The lowest BCUT2D eigenvalue weighted by atomic mass is 10.1. The Morgan fingerprint density at radius 1 is 1.08 bits per heavy atom. The summed E-state index contributed by atoms with van der Waals surface area (Å²) in [5, 5.41) is 2.84. The molecular formula is C20H17N3O2S. The fraction of sp³-hybridized carbons (Fsp3) is 0.150. The van der Waals surface area contributed by atoms with Crippen LogP contribution in [0.2, 0.25) is 0 Å². The normalized spacial score (nSPS) is 11.2. The highest BCUT2D eigenvalue weighted by Crippen LogP contribution is 2.23. The highest BCUT2D eigenvalue weighted by Gasteiger charge is 2.15. The Kier molecular flexibility index (Phi) is 3.85. The predicted molar refractivity (Wildman–Crippen MR) is 105 cm³/mol. The minimum Gasteiger partial charge on any atom is -0.321 e. The van der Waals surface area contributed by atoms with Gasteiger partial charge < -0.3 is 5.32 Å². The van der Waals surface area contributed by atoms with Gasteiger partial charge in [-0.05, 0) is 61.7 Å². The number of amides is 1. The summed E-state index contributed by atoms with van der Waals surface area (Å²) in [4.78, 5) is 30.6. The van der Waals surface area contributed by atoms with Crippen molar-refractivity contribution >= 4 is 38.9 Å². The Morgan fingerprint density at radius 3 is 2.62 bits per heavy atom. The van der Waals surface area contributed by atoms with E-state index in [1.165, 1.54) is 17.4 Å². The van der Waals surface area contributed by atoms with Gasteiger partial charge in [0.05, 0.1) is 11.0 Å². The van der Waals surface area contributed by atoms with Crippen LogP contribution in [0.1, 0.15) is 26.4 Å². The quantitative estimate of drug-likeness (QED) is 0.583. The van der Waals surface area contributed by atoms with Crippen LogP contribution >= 0.6 is 11.3 Å². The van der Waals surface area contributed by atoms with Crippen LogP contribution < -0.4 is 10.9 Å². The highest BCUT2D eigenvalue weighted by atomic mass is 32.1. The maximum absolute atomic E-state index is 12.6. The van der Waals surface area contributed by atoms with Gasteiger partial charge in [0.2, 0.25) is 0 Å². The summed E-state index contributed by atoms with van der Waals surface area (Å²) in [5.74, 6) is -0.306. The summed E-state index contributed by atoms with van der Waals surface area (Å²) in [6.45, 7) is 5.98. The van der Waals surface area contributed by atoms with Crippen molar-refractivity contribution in [3.63, 3.8) is 0 Å².